The summed E-state index contributed by atoms with van der Waals surface area (Å²) in [5, 5.41) is 5.72. The molecular weight excluding hydrogens is 270 g/mol. The van der Waals surface area contributed by atoms with E-state index < -0.39 is 0 Å². The Morgan fingerprint density at radius 3 is 2.43 bits per heavy atom. The van der Waals surface area contributed by atoms with Crippen LogP contribution in [-0.4, -0.2) is 62.7 Å². The van der Waals surface area contributed by atoms with Gasteiger partial charge in [0.15, 0.2) is 0 Å². The quantitative estimate of drug-likeness (QED) is 0.577. The summed E-state index contributed by atoms with van der Waals surface area (Å²) in [6.45, 7) is 7.66. The van der Waals surface area contributed by atoms with E-state index >= 15 is 0 Å². The van der Waals surface area contributed by atoms with Gasteiger partial charge in [-0.3, -0.25) is 14.5 Å². The number of nitrogens with one attached hydrogen (secondary N) is 2. The maximum absolute atomic E-state index is 11.6. The SMILES string of the molecule is CC(=O)NCCCCCC(=O)NCCCN1CCOCC1. The van der Waals surface area contributed by atoms with Crippen molar-refractivity contribution >= 4 is 11.8 Å². The minimum Gasteiger partial charge on any atom is -0.379 e. The number of ether oxygens (including phenoxy) is 1. The van der Waals surface area contributed by atoms with Crippen LogP contribution in [0.15, 0.2) is 0 Å². The Hall–Kier alpha value is -1.14. The van der Waals surface area contributed by atoms with Gasteiger partial charge in [0.2, 0.25) is 11.8 Å². The molecule has 0 aliphatic carbocycles. The average Bonchev–Trinajstić information content (AvgIpc) is 2.48. The van der Waals surface area contributed by atoms with Gasteiger partial charge in [-0.2, -0.15) is 0 Å². The lowest BCUT2D eigenvalue weighted by molar-refractivity contribution is -0.121. The van der Waals surface area contributed by atoms with Gasteiger partial charge in [-0.05, 0) is 25.8 Å². The summed E-state index contributed by atoms with van der Waals surface area (Å²) in [6.07, 6.45) is 4.37. The summed E-state index contributed by atoms with van der Waals surface area (Å²) in [5.41, 5.74) is 0. The van der Waals surface area contributed by atoms with Crippen LogP contribution in [0.25, 0.3) is 0 Å². The molecule has 2 N–H and O–H groups in total. The van der Waals surface area contributed by atoms with Gasteiger partial charge in [0, 0.05) is 39.5 Å². The molecule has 1 fully saturated rings. The van der Waals surface area contributed by atoms with Gasteiger partial charge in [-0.25, -0.2) is 0 Å². The van der Waals surface area contributed by atoms with Crippen LogP contribution < -0.4 is 10.6 Å². The zero-order valence-electron chi connectivity index (χ0n) is 13.2. The lowest BCUT2D eigenvalue weighted by atomic mass is 10.2. The summed E-state index contributed by atoms with van der Waals surface area (Å²) >= 11 is 0. The van der Waals surface area contributed by atoms with E-state index in [1.165, 1.54) is 6.92 Å². The van der Waals surface area contributed by atoms with Crippen LogP contribution in [-0.2, 0) is 14.3 Å². The third-order valence-electron chi connectivity index (χ3n) is 3.53. The van der Waals surface area contributed by atoms with E-state index in [2.05, 4.69) is 15.5 Å². The van der Waals surface area contributed by atoms with Crippen molar-refractivity contribution in [1.29, 1.82) is 0 Å². The third-order valence-corrected chi connectivity index (χ3v) is 3.53. The predicted octanol–water partition coefficient (Wildman–Crippen LogP) is 0.521. The van der Waals surface area contributed by atoms with Gasteiger partial charge in [0.05, 0.1) is 13.2 Å². The molecule has 122 valence electrons. The van der Waals surface area contributed by atoms with Crippen LogP contribution in [0.2, 0.25) is 0 Å². The van der Waals surface area contributed by atoms with E-state index in [-0.39, 0.29) is 11.8 Å². The van der Waals surface area contributed by atoms with Crippen molar-refractivity contribution < 1.29 is 14.3 Å². The van der Waals surface area contributed by atoms with E-state index in [1.54, 1.807) is 0 Å². The number of rotatable bonds is 10. The zero-order valence-corrected chi connectivity index (χ0v) is 13.2. The second-order valence-corrected chi connectivity index (χ2v) is 5.45. The normalized spacial score (nSPS) is 15.7. The van der Waals surface area contributed by atoms with Crippen molar-refractivity contribution in [3.05, 3.63) is 0 Å². The molecule has 1 rings (SSSR count). The number of carbonyl (C=O) groups is 2. The molecule has 6 heteroatoms. The first-order valence-corrected chi connectivity index (χ1v) is 7.99. The van der Waals surface area contributed by atoms with E-state index in [9.17, 15) is 9.59 Å². The molecule has 0 saturated carbocycles. The number of amides is 2. The molecule has 1 heterocycles. The molecule has 0 aromatic heterocycles. The van der Waals surface area contributed by atoms with Gasteiger partial charge in [-0.15, -0.1) is 0 Å². The number of hydrogen-bond acceptors (Lipinski definition) is 4. The molecule has 6 nitrogen and oxygen atoms in total. The molecule has 1 aliphatic heterocycles. The van der Waals surface area contributed by atoms with Gasteiger partial charge < -0.3 is 15.4 Å². The van der Waals surface area contributed by atoms with Gasteiger partial charge in [-0.1, -0.05) is 6.42 Å². The van der Waals surface area contributed by atoms with E-state index in [0.717, 1.165) is 65.1 Å². The molecule has 0 aromatic carbocycles. The molecule has 0 atom stereocenters. The molecular formula is C15H29N3O3. The fraction of sp³-hybridized carbons (Fsp3) is 0.867. The largest absolute Gasteiger partial charge is 0.379 e. The van der Waals surface area contributed by atoms with Gasteiger partial charge in [0.25, 0.3) is 0 Å². The summed E-state index contributed by atoms with van der Waals surface area (Å²) in [7, 11) is 0. The average molecular weight is 299 g/mol. The van der Waals surface area contributed by atoms with Gasteiger partial charge >= 0.3 is 0 Å². The Morgan fingerprint density at radius 2 is 1.71 bits per heavy atom. The van der Waals surface area contributed by atoms with Crippen molar-refractivity contribution in [2.75, 3.05) is 45.9 Å². The first-order valence-electron chi connectivity index (χ1n) is 7.99. The molecule has 0 radical (unpaired) electrons. The second-order valence-electron chi connectivity index (χ2n) is 5.45. The number of carbonyl (C=O) groups excluding carboxylic acids is 2. The molecule has 0 unspecified atom stereocenters. The number of nitrogens with zero attached hydrogens (tertiary/aromatic N) is 1. The van der Waals surface area contributed by atoms with Crippen LogP contribution in [0, 0.1) is 0 Å². The smallest absolute Gasteiger partial charge is 0.219 e. The second kappa shape index (κ2) is 11.5. The third kappa shape index (κ3) is 10.3. The Labute approximate surface area is 127 Å². The van der Waals surface area contributed by atoms with Crippen LogP contribution in [0.1, 0.15) is 39.0 Å². The van der Waals surface area contributed by atoms with E-state index in [0.29, 0.717) is 13.0 Å². The summed E-state index contributed by atoms with van der Waals surface area (Å²) in [6, 6.07) is 0. The first-order chi connectivity index (χ1) is 10.2. The van der Waals surface area contributed by atoms with Crippen LogP contribution >= 0.6 is 0 Å². The first kappa shape index (κ1) is 17.9. The molecule has 2 amide bonds. The number of unbranched alkanes of at least 4 members (excludes halogenated alkanes) is 2. The standard InChI is InChI=1S/C15H29N3O3/c1-14(19)16-7-4-2-3-6-15(20)17-8-5-9-18-10-12-21-13-11-18/h2-13H2,1H3,(H,16,19)(H,17,20). The fourth-order valence-corrected chi connectivity index (χ4v) is 2.30. The summed E-state index contributed by atoms with van der Waals surface area (Å²) in [5.74, 6) is 0.143. The van der Waals surface area contributed by atoms with Crippen molar-refractivity contribution in [3.8, 4) is 0 Å². The number of morpholine rings is 1. The highest BCUT2D eigenvalue weighted by Crippen LogP contribution is 2.00. The maximum atomic E-state index is 11.6. The monoisotopic (exact) mass is 299 g/mol. The van der Waals surface area contributed by atoms with E-state index in [1.807, 2.05) is 0 Å². The van der Waals surface area contributed by atoms with Crippen molar-refractivity contribution in [1.82, 2.24) is 15.5 Å². The molecule has 1 aliphatic rings. The molecule has 0 bridgehead atoms. The van der Waals surface area contributed by atoms with Crippen molar-refractivity contribution in [2.45, 2.75) is 39.0 Å². The molecule has 21 heavy (non-hydrogen) atoms. The predicted molar refractivity (Wildman–Crippen MR) is 82.0 cm³/mol. The lowest BCUT2D eigenvalue weighted by Gasteiger charge is -2.26. The molecule has 0 spiro atoms. The van der Waals surface area contributed by atoms with Crippen LogP contribution in [0.5, 0.6) is 0 Å². The Morgan fingerprint density at radius 1 is 1.00 bits per heavy atom. The Kier molecular flexibility index (Phi) is 9.82. The van der Waals surface area contributed by atoms with Crippen molar-refractivity contribution in [3.63, 3.8) is 0 Å². The van der Waals surface area contributed by atoms with E-state index in [4.69, 9.17) is 4.74 Å². The summed E-state index contributed by atoms with van der Waals surface area (Å²) in [4.78, 5) is 24.7. The minimum absolute atomic E-state index is 0.00742. The highest BCUT2D eigenvalue weighted by Gasteiger charge is 2.09. The minimum atomic E-state index is 0.00742. The zero-order chi connectivity index (χ0) is 15.3. The fourth-order valence-electron chi connectivity index (χ4n) is 2.30. The Bertz CT molecular complexity index is 305. The lowest BCUT2D eigenvalue weighted by Crippen LogP contribution is -2.38. The highest BCUT2D eigenvalue weighted by atomic mass is 16.5. The molecule has 1 saturated heterocycles. The highest BCUT2D eigenvalue weighted by molar-refractivity contribution is 5.75. The van der Waals surface area contributed by atoms with Crippen LogP contribution in [0.4, 0.5) is 0 Å². The van der Waals surface area contributed by atoms with Crippen molar-refractivity contribution in [2.24, 2.45) is 0 Å². The summed E-state index contributed by atoms with van der Waals surface area (Å²) < 4.78 is 5.29. The van der Waals surface area contributed by atoms with Crippen LogP contribution in [0.3, 0.4) is 0 Å². The maximum Gasteiger partial charge on any atom is 0.219 e. The number of hydrogen-bond donors (Lipinski definition) is 2. The topological polar surface area (TPSA) is 70.7 Å². The Balaban J connectivity index is 1.86. The van der Waals surface area contributed by atoms with Gasteiger partial charge in [0.1, 0.15) is 0 Å². The molecule has 0 aromatic rings.